The molecule has 0 aliphatic heterocycles. The Labute approximate surface area is 142 Å². The largest absolute Gasteiger partial charge is 1.00 e. The standard InChI is InChI=1S/C5H3F9O3S.K/c6-1-2(7,8)3(9,10)4(11,12)5(13,14)18(15,16)17;/h1H2,(H,15,16,17);/q;+1/p-1. The molecular weight excluding hydrogens is 350 g/mol. The van der Waals surface area contributed by atoms with E-state index in [1.807, 2.05) is 0 Å². The molecule has 0 fully saturated rings. The fraction of sp³-hybridized carbons (Fsp3) is 1.00. The van der Waals surface area contributed by atoms with E-state index in [9.17, 15) is 52.5 Å². The van der Waals surface area contributed by atoms with Crippen LogP contribution in [0.25, 0.3) is 0 Å². The maximum absolute atomic E-state index is 12.4. The third-order valence-corrected chi connectivity index (χ3v) is 2.59. The van der Waals surface area contributed by atoms with Crippen LogP contribution in [0.3, 0.4) is 0 Å². The molecule has 0 saturated heterocycles. The summed E-state index contributed by atoms with van der Waals surface area (Å²) in [6.07, 6.45) is 0. The fourth-order valence-corrected chi connectivity index (χ4v) is 1.10. The fourth-order valence-electron chi connectivity index (χ4n) is 0.653. The zero-order chi connectivity index (χ0) is 15.2. The van der Waals surface area contributed by atoms with Gasteiger partial charge in [-0.15, -0.1) is 0 Å². The summed E-state index contributed by atoms with van der Waals surface area (Å²) in [5, 5.41) is -7.04. The molecule has 0 spiro atoms. The Morgan fingerprint density at radius 2 is 1.16 bits per heavy atom. The molecular formula is C5H2F9KO3S. The zero-order valence-electron chi connectivity index (χ0n) is 8.74. The Morgan fingerprint density at radius 3 is 1.37 bits per heavy atom. The van der Waals surface area contributed by atoms with Crippen LogP contribution in [0.5, 0.6) is 0 Å². The second-order valence-electron chi connectivity index (χ2n) is 2.96. The molecule has 0 unspecified atom stereocenters. The van der Waals surface area contributed by atoms with E-state index in [4.69, 9.17) is 0 Å². The summed E-state index contributed by atoms with van der Waals surface area (Å²) in [6.45, 7) is -3.47. The quantitative estimate of drug-likeness (QED) is 0.363. The van der Waals surface area contributed by atoms with Gasteiger partial charge in [0.05, 0.1) is 0 Å². The number of rotatable bonds is 5. The molecule has 0 radical (unpaired) electrons. The van der Waals surface area contributed by atoms with Crippen molar-refractivity contribution in [3.8, 4) is 0 Å². The van der Waals surface area contributed by atoms with Gasteiger partial charge in [-0.05, 0) is 0 Å². The van der Waals surface area contributed by atoms with E-state index in [1.54, 1.807) is 0 Å². The molecule has 0 bridgehead atoms. The molecule has 110 valence electrons. The van der Waals surface area contributed by atoms with E-state index >= 15 is 0 Å². The molecule has 0 amide bonds. The Bertz CT molecular complexity index is 420. The molecule has 0 aliphatic carbocycles. The first-order valence-electron chi connectivity index (χ1n) is 3.59. The van der Waals surface area contributed by atoms with Crippen LogP contribution < -0.4 is 51.4 Å². The van der Waals surface area contributed by atoms with Gasteiger partial charge in [-0.1, -0.05) is 0 Å². The van der Waals surface area contributed by atoms with Gasteiger partial charge in [0.25, 0.3) is 0 Å². The average Bonchev–Trinajstić information content (AvgIpc) is 2.15. The first-order chi connectivity index (χ1) is 7.56. The van der Waals surface area contributed by atoms with E-state index in [0.29, 0.717) is 0 Å². The van der Waals surface area contributed by atoms with Crippen LogP contribution in [-0.4, -0.2) is 42.7 Å². The van der Waals surface area contributed by atoms with Crippen LogP contribution in [0.4, 0.5) is 39.5 Å². The van der Waals surface area contributed by atoms with Crippen LogP contribution >= 0.6 is 0 Å². The molecule has 3 nitrogen and oxygen atoms in total. The van der Waals surface area contributed by atoms with Gasteiger partial charge >= 0.3 is 74.4 Å². The Kier molecular flexibility index (Phi) is 6.97. The van der Waals surface area contributed by atoms with Crippen LogP contribution in [0.1, 0.15) is 0 Å². The van der Waals surface area contributed by atoms with Crippen molar-refractivity contribution >= 4 is 10.1 Å². The minimum absolute atomic E-state index is 0. The van der Waals surface area contributed by atoms with Crippen molar-refractivity contribution in [3.05, 3.63) is 0 Å². The Morgan fingerprint density at radius 1 is 0.842 bits per heavy atom. The molecule has 0 heterocycles. The van der Waals surface area contributed by atoms with Crippen molar-refractivity contribution in [2.45, 2.75) is 23.0 Å². The molecule has 19 heavy (non-hydrogen) atoms. The molecule has 14 heteroatoms. The smallest absolute Gasteiger partial charge is 0.743 e. The van der Waals surface area contributed by atoms with Gasteiger partial charge in [0.1, 0.15) is 0 Å². The Hall–Kier alpha value is 0.916. The summed E-state index contributed by atoms with van der Waals surface area (Å²) in [6, 6.07) is 0. The van der Waals surface area contributed by atoms with Crippen molar-refractivity contribution in [3.63, 3.8) is 0 Å². The molecule has 0 saturated carbocycles. The SMILES string of the molecule is O=S(=O)([O-])C(F)(F)C(F)(F)C(F)(F)C(F)(F)CF.[K+]. The van der Waals surface area contributed by atoms with Gasteiger partial charge in [0, 0.05) is 0 Å². The summed E-state index contributed by atoms with van der Waals surface area (Å²) in [7, 11) is -7.38. The summed E-state index contributed by atoms with van der Waals surface area (Å²) in [4.78, 5) is 0. The molecule has 0 atom stereocenters. The van der Waals surface area contributed by atoms with Crippen molar-refractivity contribution in [1.29, 1.82) is 0 Å². The first-order valence-corrected chi connectivity index (χ1v) is 5.00. The van der Waals surface area contributed by atoms with Gasteiger partial charge in [-0.25, -0.2) is 12.8 Å². The second kappa shape index (κ2) is 5.96. The van der Waals surface area contributed by atoms with E-state index in [-0.39, 0.29) is 51.4 Å². The van der Waals surface area contributed by atoms with E-state index in [1.165, 1.54) is 0 Å². The van der Waals surface area contributed by atoms with Crippen molar-refractivity contribution < 1.29 is 104 Å². The van der Waals surface area contributed by atoms with E-state index in [2.05, 4.69) is 0 Å². The maximum Gasteiger partial charge on any atom is 1.00 e. The van der Waals surface area contributed by atoms with Crippen molar-refractivity contribution in [2.75, 3.05) is 6.67 Å². The number of hydrogen-bond acceptors (Lipinski definition) is 3. The molecule has 0 N–H and O–H groups in total. The molecule has 0 aromatic heterocycles. The normalized spacial score (nSPS) is 15.1. The van der Waals surface area contributed by atoms with Gasteiger partial charge < -0.3 is 4.55 Å². The molecule has 0 aliphatic rings. The van der Waals surface area contributed by atoms with Crippen LogP contribution in [0.2, 0.25) is 0 Å². The molecule has 0 rings (SSSR count). The predicted molar refractivity (Wildman–Crippen MR) is 35.5 cm³/mol. The summed E-state index contributed by atoms with van der Waals surface area (Å²) in [5.74, 6) is -20.7. The monoisotopic (exact) mass is 352 g/mol. The third-order valence-electron chi connectivity index (χ3n) is 1.70. The van der Waals surface area contributed by atoms with E-state index in [0.717, 1.165) is 0 Å². The number of alkyl halides is 9. The number of hydrogen-bond donors (Lipinski definition) is 0. The minimum Gasteiger partial charge on any atom is -0.743 e. The van der Waals surface area contributed by atoms with Crippen LogP contribution in [-0.2, 0) is 10.1 Å². The van der Waals surface area contributed by atoms with Crippen LogP contribution in [0.15, 0.2) is 0 Å². The molecule has 0 aromatic rings. The molecule has 0 aromatic carbocycles. The zero-order valence-corrected chi connectivity index (χ0v) is 12.7. The number of halogens is 9. The minimum atomic E-state index is -7.38. The third kappa shape index (κ3) is 3.40. The van der Waals surface area contributed by atoms with Gasteiger partial charge in [0.2, 0.25) is 0 Å². The van der Waals surface area contributed by atoms with Crippen LogP contribution in [0, 0.1) is 0 Å². The first kappa shape index (κ1) is 22.2. The summed E-state index contributed by atoms with van der Waals surface area (Å²) < 4.78 is 139. The summed E-state index contributed by atoms with van der Waals surface area (Å²) in [5.41, 5.74) is 0. The van der Waals surface area contributed by atoms with Gasteiger partial charge in [-0.2, -0.15) is 35.1 Å². The van der Waals surface area contributed by atoms with Crippen molar-refractivity contribution in [2.24, 2.45) is 0 Å². The predicted octanol–water partition coefficient (Wildman–Crippen LogP) is -0.996. The average molecular weight is 352 g/mol. The second-order valence-corrected chi connectivity index (χ2v) is 4.38. The maximum atomic E-state index is 12.4. The van der Waals surface area contributed by atoms with Gasteiger partial charge in [0.15, 0.2) is 16.8 Å². The topological polar surface area (TPSA) is 57.2 Å². The van der Waals surface area contributed by atoms with Crippen molar-refractivity contribution in [1.82, 2.24) is 0 Å². The summed E-state index contributed by atoms with van der Waals surface area (Å²) >= 11 is 0. The van der Waals surface area contributed by atoms with E-state index < -0.39 is 39.8 Å². The van der Waals surface area contributed by atoms with Gasteiger partial charge in [-0.3, -0.25) is 0 Å². The Balaban J connectivity index is 0.